The lowest BCUT2D eigenvalue weighted by Crippen LogP contribution is -2.30. The topological polar surface area (TPSA) is 70.0 Å². The predicted octanol–water partition coefficient (Wildman–Crippen LogP) is 2.09. The van der Waals surface area contributed by atoms with Crippen LogP contribution in [0.4, 0.5) is 0 Å². The number of aliphatic carboxylic acids is 1. The van der Waals surface area contributed by atoms with E-state index in [1.807, 2.05) is 13.8 Å². The molecule has 1 rings (SSSR count). The van der Waals surface area contributed by atoms with Gasteiger partial charge in [0.05, 0.1) is 13.2 Å². The Bertz CT molecular complexity index is 420. The van der Waals surface area contributed by atoms with Crippen molar-refractivity contribution < 1.29 is 19.7 Å². The van der Waals surface area contributed by atoms with Crippen LogP contribution in [0, 0.1) is 0 Å². The van der Waals surface area contributed by atoms with Gasteiger partial charge in [0.15, 0.2) is 11.5 Å². The van der Waals surface area contributed by atoms with Gasteiger partial charge in [-0.05, 0) is 26.0 Å². The van der Waals surface area contributed by atoms with Crippen LogP contribution in [0.5, 0.6) is 11.5 Å². The highest BCUT2D eigenvalue weighted by Gasteiger charge is 2.14. The molecule has 0 aliphatic carbocycles. The van der Waals surface area contributed by atoms with Crippen LogP contribution in [0.2, 0.25) is 0 Å². The lowest BCUT2D eigenvalue weighted by molar-refractivity contribution is -0.138. The molecule has 106 valence electrons. The zero-order chi connectivity index (χ0) is 14.3. The van der Waals surface area contributed by atoms with E-state index < -0.39 is 5.97 Å². The van der Waals surface area contributed by atoms with Crippen molar-refractivity contribution in [1.29, 1.82) is 0 Å². The molecule has 0 bridgehead atoms. The molecule has 0 saturated carbocycles. The van der Waals surface area contributed by atoms with Crippen molar-refractivity contribution in [1.82, 2.24) is 4.90 Å². The number of carboxylic acids is 1. The lowest BCUT2D eigenvalue weighted by atomic mass is 10.1. The maximum atomic E-state index is 10.8. The third-order valence-electron chi connectivity index (χ3n) is 2.68. The molecule has 1 aromatic carbocycles. The molecule has 5 heteroatoms. The largest absolute Gasteiger partial charge is 0.504 e. The molecule has 0 atom stereocenters. The second-order valence-electron chi connectivity index (χ2n) is 4.30. The minimum absolute atomic E-state index is 0.0356. The molecule has 0 aliphatic heterocycles. The zero-order valence-corrected chi connectivity index (χ0v) is 11.4. The molecule has 0 aromatic heterocycles. The SMILES string of the molecule is CCCN(CC(=O)O)Cc1cccc(OCC)c1O. The second-order valence-corrected chi connectivity index (χ2v) is 4.30. The summed E-state index contributed by atoms with van der Waals surface area (Å²) in [5.74, 6) is -0.337. The van der Waals surface area contributed by atoms with Gasteiger partial charge < -0.3 is 14.9 Å². The maximum Gasteiger partial charge on any atom is 0.317 e. The van der Waals surface area contributed by atoms with E-state index in [4.69, 9.17) is 9.84 Å². The highest BCUT2D eigenvalue weighted by atomic mass is 16.5. The first kappa shape index (κ1) is 15.3. The normalized spacial score (nSPS) is 10.7. The Morgan fingerprint density at radius 3 is 2.68 bits per heavy atom. The number of nitrogens with zero attached hydrogens (tertiary/aromatic N) is 1. The molecule has 0 spiro atoms. The molecule has 19 heavy (non-hydrogen) atoms. The van der Waals surface area contributed by atoms with Crippen LogP contribution < -0.4 is 4.74 Å². The van der Waals surface area contributed by atoms with Gasteiger partial charge in [-0.1, -0.05) is 19.1 Å². The van der Waals surface area contributed by atoms with E-state index in [0.29, 0.717) is 31.0 Å². The van der Waals surface area contributed by atoms with E-state index in [9.17, 15) is 9.90 Å². The fourth-order valence-corrected chi connectivity index (χ4v) is 1.93. The number of hydrogen-bond acceptors (Lipinski definition) is 4. The summed E-state index contributed by atoms with van der Waals surface area (Å²) in [5, 5.41) is 18.9. The average molecular weight is 267 g/mol. The molecule has 0 unspecified atom stereocenters. The van der Waals surface area contributed by atoms with Crippen LogP contribution >= 0.6 is 0 Å². The van der Waals surface area contributed by atoms with Gasteiger partial charge >= 0.3 is 5.97 Å². The Morgan fingerprint density at radius 1 is 1.37 bits per heavy atom. The minimum atomic E-state index is -0.867. The Morgan fingerprint density at radius 2 is 2.11 bits per heavy atom. The summed E-state index contributed by atoms with van der Waals surface area (Å²) in [6.45, 7) is 5.35. The van der Waals surface area contributed by atoms with E-state index in [1.165, 1.54) is 0 Å². The van der Waals surface area contributed by atoms with E-state index in [0.717, 1.165) is 6.42 Å². The number of hydrogen-bond donors (Lipinski definition) is 2. The van der Waals surface area contributed by atoms with Crippen LogP contribution in [-0.4, -0.2) is 40.8 Å². The fourth-order valence-electron chi connectivity index (χ4n) is 1.93. The Balaban J connectivity index is 2.83. The van der Waals surface area contributed by atoms with Crippen LogP contribution in [-0.2, 0) is 11.3 Å². The molecular weight excluding hydrogens is 246 g/mol. The van der Waals surface area contributed by atoms with E-state index in [1.54, 1.807) is 23.1 Å². The summed E-state index contributed by atoms with van der Waals surface area (Å²) in [5.41, 5.74) is 0.681. The van der Waals surface area contributed by atoms with Crippen molar-refractivity contribution in [2.45, 2.75) is 26.8 Å². The van der Waals surface area contributed by atoms with E-state index in [2.05, 4.69) is 0 Å². The molecule has 2 N–H and O–H groups in total. The van der Waals surface area contributed by atoms with Gasteiger partial charge in [0.2, 0.25) is 0 Å². The van der Waals surface area contributed by atoms with Crippen LogP contribution in [0.25, 0.3) is 0 Å². The van der Waals surface area contributed by atoms with Crippen molar-refractivity contribution in [2.75, 3.05) is 19.7 Å². The number of ether oxygens (including phenoxy) is 1. The van der Waals surface area contributed by atoms with Crippen LogP contribution in [0.1, 0.15) is 25.8 Å². The third kappa shape index (κ3) is 4.79. The van der Waals surface area contributed by atoms with Gasteiger partial charge in [-0.15, -0.1) is 0 Å². The molecule has 5 nitrogen and oxygen atoms in total. The molecule has 0 heterocycles. The Kier molecular flexibility index (Phi) is 6.15. The number of carbonyl (C=O) groups is 1. The summed E-state index contributed by atoms with van der Waals surface area (Å²) < 4.78 is 5.32. The summed E-state index contributed by atoms with van der Waals surface area (Å²) >= 11 is 0. The standard InChI is InChI=1S/C14H21NO4/c1-3-8-15(10-13(16)17)9-11-6-5-7-12(14(11)18)19-4-2/h5-7,18H,3-4,8-10H2,1-2H3,(H,16,17). The number of phenolic OH excluding ortho intramolecular Hbond substituents is 1. The van der Waals surface area contributed by atoms with Crippen molar-refractivity contribution in [2.24, 2.45) is 0 Å². The molecule has 0 radical (unpaired) electrons. The molecular formula is C14H21NO4. The van der Waals surface area contributed by atoms with Crippen molar-refractivity contribution in [3.05, 3.63) is 23.8 Å². The first-order valence-electron chi connectivity index (χ1n) is 6.46. The highest BCUT2D eigenvalue weighted by Crippen LogP contribution is 2.30. The van der Waals surface area contributed by atoms with Gasteiger partial charge in [-0.2, -0.15) is 0 Å². The number of rotatable bonds is 8. The van der Waals surface area contributed by atoms with E-state index >= 15 is 0 Å². The van der Waals surface area contributed by atoms with Gasteiger partial charge in [0.1, 0.15) is 0 Å². The van der Waals surface area contributed by atoms with Gasteiger partial charge in [0.25, 0.3) is 0 Å². The minimum Gasteiger partial charge on any atom is -0.504 e. The molecule has 0 amide bonds. The van der Waals surface area contributed by atoms with Crippen molar-refractivity contribution in [3.63, 3.8) is 0 Å². The average Bonchev–Trinajstić information content (AvgIpc) is 2.34. The number of aromatic hydroxyl groups is 1. The summed E-state index contributed by atoms with van der Waals surface area (Å²) in [6.07, 6.45) is 0.860. The molecule has 0 aliphatic rings. The number of benzene rings is 1. The van der Waals surface area contributed by atoms with Gasteiger partial charge in [-0.25, -0.2) is 0 Å². The molecule has 0 saturated heterocycles. The predicted molar refractivity (Wildman–Crippen MR) is 72.5 cm³/mol. The second kappa shape index (κ2) is 7.63. The highest BCUT2D eigenvalue weighted by molar-refractivity contribution is 5.69. The summed E-state index contributed by atoms with van der Waals surface area (Å²) in [4.78, 5) is 12.6. The van der Waals surface area contributed by atoms with Gasteiger partial charge in [0, 0.05) is 12.1 Å². The first-order chi connectivity index (χ1) is 9.08. The zero-order valence-electron chi connectivity index (χ0n) is 11.4. The molecule has 0 fully saturated rings. The smallest absolute Gasteiger partial charge is 0.317 e. The number of para-hydroxylation sites is 1. The van der Waals surface area contributed by atoms with Crippen molar-refractivity contribution in [3.8, 4) is 11.5 Å². The quantitative estimate of drug-likeness (QED) is 0.754. The fraction of sp³-hybridized carbons (Fsp3) is 0.500. The summed E-state index contributed by atoms with van der Waals surface area (Å²) in [6, 6.07) is 5.27. The summed E-state index contributed by atoms with van der Waals surface area (Å²) in [7, 11) is 0. The third-order valence-corrected chi connectivity index (χ3v) is 2.68. The lowest BCUT2D eigenvalue weighted by Gasteiger charge is -2.20. The van der Waals surface area contributed by atoms with Gasteiger partial charge in [-0.3, -0.25) is 9.69 Å². The number of carboxylic acid groups (broad SMARTS) is 1. The molecule has 1 aromatic rings. The Labute approximate surface area is 113 Å². The number of phenols is 1. The Hall–Kier alpha value is -1.75. The maximum absolute atomic E-state index is 10.8. The van der Waals surface area contributed by atoms with Crippen molar-refractivity contribution >= 4 is 5.97 Å². The van der Waals surface area contributed by atoms with E-state index in [-0.39, 0.29) is 12.3 Å². The van der Waals surface area contributed by atoms with Crippen LogP contribution in [0.15, 0.2) is 18.2 Å². The first-order valence-corrected chi connectivity index (χ1v) is 6.46. The monoisotopic (exact) mass is 267 g/mol. The van der Waals surface area contributed by atoms with Crippen LogP contribution in [0.3, 0.4) is 0 Å².